The normalized spacial score (nSPS) is 15.1. The van der Waals surface area contributed by atoms with Crippen molar-refractivity contribution in [3.05, 3.63) is 18.2 Å². The molecule has 20 heavy (non-hydrogen) atoms. The van der Waals surface area contributed by atoms with E-state index in [1.807, 2.05) is 6.07 Å². The molecular weight excluding hydrogens is 254 g/mol. The first-order valence-corrected chi connectivity index (χ1v) is 7.25. The van der Waals surface area contributed by atoms with Crippen molar-refractivity contribution in [3.63, 3.8) is 0 Å². The Labute approximate surface area is 120 Å². The van der Waals surface area contributed by atoms with Crippen molar-refractivity contribution in [2.75, 3.05) is 19.5 Å². The van der Waals surface area contributed by atoms with Crippen LogP contribution in [0.1, 0.15) is 38.5 Å². The number of amides is 1. The van der Waals surface area contributed by atoms with Crippen LogP contribution in [0.2, 0.25) is 0 Å². The Morgan fingerprint density at radius 3 is 2.65 bits per heavy atom. The Hall–Kier alpha value is -1.71. The Balaban J connectivity index is 1.91. The standard InChI is InChI=1S/C16H23NO3/c1-19-13-8-9-15(20-2)14(11-13)17-16(18)10-7-12-5-3-4-6-12/h8-9,11-12H,3-7,10H2,1-2H3,(H,17,18). The minimum absolute atomic E-state index is 0.0449. The van der Waals surface area contributed by atoms with E-state index < -0.39 is 0 Å². The number of hydrogen-bond donors (Lipinski definition) is 1. The quantitative estimate of drug-likeness (QED) is 0.864. The molecule has 1 fully saturated rings. The molecule has 1 N–H and O–H groups in total. The summed E-state index contributed by atoms with van der Waals surface area (Å²) in [5.41, 5.74) is 0.670. The summed E-state index contributed by atoms with van der Waals surface area (Å²) < 4.78 is 10.4. The highest BCUT2D eigenvalue weighted by Gasteiger charge is 2.16. The van der Waals surface area contributed by atoms with Crippen LogP contribution in [0.15, 0.2) is 18.2 Å². The van der Waals surface area contributed by atoms with Crippen LogP contribution in [0.25, 0.3) is 0 Å². The molecule has 1 amide bonds. The van der Waals surface area contributed by atoms with Gasteiger partial charge < -0.3 is 14.8 Å². The number of hydrogen-bond acceptors (Lipinski definition) is 3. The summed E-state index contributed by atoms with van der Waals surface area (Å²) in [5.74, 6) is 2.13. The topological polar surface area (TPSA) is 47.6 Å². The molecule has 0 bridgehead atoms. The summed E-state index contributed by atoms with van der Waals surface area (Å²) in [5, 5.41) is 2.92. The fraction of sp³-hybridized carbons (Fsp3) is 0.562. The van der Waals surface area contributed by atoms with Gasteiger partial charge in [-0.05, 0) is 24.5 Å². The lowest BCUT2D eigenvalue weighted by molar-refractivity contribution is -0.116. The molecule has 0 heterocycles. The Kier molecular flexibility index (Phi) is 5.27. The van der Waals surface area contributed by atoms with Crippen molar-refractivity contribution >= 4 is 11.6 Å². The second-order valence-corrected chi connectivity index (χ2v) is 5.30. The zero-order valence-corrected chi connectivity index (χ0v) is 12.3. The van der Waals surface area contributed by atoms with E-state index in [4.69, 9.17) is 9.47 Å². The van der Waals surface area contributed by atoms with E-state index >= 15 is 0 Å². The molecule has 1 aliphatic rings. The molecule has 0 spiro atoms. The highest BCUT2D eigenvalue weighted by molar-refractivity contribution is 5.92. The Morgan fingerprint density at radius 1 is 1.25 bits per heavy atom. The van der Waals surface area contributed by atoms with Gasteiger partial charge in [-0.15, -0.1) is 0 Å². The largest absolute Gasteiger partial charge is 0.497 e. The number of ether oxygens (including phenoxy) is 2. The lowest BCUT2D eigenvalue weighted by Crippen LogP contribution is -2.13. The fourth-order valence-corrected chi connectivity index (χ4v) is 2.76. The molecule has 0 saturated heterocycles. The van der Waals surface area contributed by atoms with E-state index in [2.05, 4.69) is 5.32 Å². The summed E-state index contributed by atoms with van der Waals surface area (Å²) in [6.07, 6.45) is 6.74. The predicted molar refractivity (Wildman–Crippen MR) is 79.4 cm³/mol. The van der Waals surface area contributed by atoms with Gasteiger partial charge in [-0.25, -0.2) is 0 Å². The first-order chi connectivity index (χ1) is 9.72. The predicted octanol–water partition coefficient (Wildman–Crippen LogP) is 3.61. The van der Waals surface area contributed by atoms with E-state index in [-0.39, 0.29) is 5.91 Å². The van der Waals surface area contributed by atoms with Gasteiger partial charge in [0.25, 0.3) is 0 Å². The molecule has 0 aromatic heterocycles. The third kappa shape index (κ3) is 3.89. The molecule has 1 aromatic rings. The Morgan fingerprint density at radius 2 is 2.00 bits per heavy atom. The van der Waals surface area contributed by atoms with Crippen LogP contribution >= 0.6 is 0 Å². The molecule has 0 atom stereocenters. The van der Waals surface area contributed by atoms with Crippen molar-refractivity contribution < 1.29 is 14.3 Å². The summed E-state index contributed by atoms with van der Waals surface area (Å²) in [6, 6.07) is 5.39. The van der Waals surface area contributed by atoms with E-state index in [0.29, 0.717) is 23.6 Å². The number of methoxy groups -OCH3 is 2. The minimum Gasteiger partial charge on any atom is -0.497 e. The lowest BCUT2D eigenvalue weighted by Gasteiger charge is -2.13. The molecular formula is C16H23NO3. The van der Waals surface area contributed by atoms with Gasteiger partial charge in [0.1, 0.15) is 11.5 Å². The minimum atomic E-state index is 0.0449. The van der Waals surface area contributed by atoms with E-state index in [9.17, 15) is 4.79 Å². The maximum atomic E-state index is 12.0. The van der Waals surface area contributed by atoms with Gasteiger partial charge in [0, 0.05) is 12.5 Å². The fourth-order valence-electron chi connectivity index (χ4n) is 2.76. The summed E-state index contributed by atoms with van der Waals surface area (Å²) in [6.45, 7) is 0. The summed E-state index contributed by atoms with van der Waals surface area (Å²) >= 11 is 0. The monoisotopic (exact) mass is 277 g/mol. The van der Waals surface area contributed by atoms with Crippen LogP contribution < -0.4 is 14.8 Å². The number of carbonyl (C=O) groups is 1. The molecule has 4 heteroatoms. The number of anilines is 1. The van der Waals surface area contributed by atoms with Gasteiger partial charge >= 0.3 is 0 Å². The van der Waals surface area contributed by atoms with Crippen LogP contribution in [0.4, 0.5) is 5.69 Å². The zero-order chi connectivity index (χ0) is 14.4. The van der Waals surface area contributed by atoms with Crippen LogP contribution in [0, 0.1) is 5.92 Å². The van der Waals surface area contributed by atoms with Crippen molar-refractivity contribution in [2.24, 2.45) is 5.92 Å². The van der Waals surface area contributed by atoms with Gasteiger partial charge in [-0.1, -0.05) is 25.7 Å². The van der Waals surface area contributed by atoms with E-state index in [1.165, 1.54) is 25.7 Å². The SMILES string of the molecule is COc1ccc(OC)c(NC(=O)CCC2CCCC2)c1. The van der Waals surface area contributed by atoms with Crippen molar-refractivity contribution in [1.82, 2.24) is 0 Å². The van der Waals surface area contributed by atoms with Crippen molar-refractivity contribution in [2.45, 2.75) is 38.5 Å². The first kappa shape index (κ1) is 14.7. The number of rotatable bonds is 6. The molecule has 1 saturated carbocycles. The molecule has 110 valence electrons. The average Bonchev–Trinajstić information content (AvgIpc) is 2.98. The third-order valence-corrected chi connectivity index (χ3v) is 3.94. The average molecular weight is 277 g/mol. The number of nitrogens with one attached hydrogen (secondary N) is 1. The molecule has 0 radical (unpaired) electrons. The van der Waals surface area contributed by atoms with Gasteiger partial charge in [-0.3, -0.25) is 4.79 Å². The summed E-state index contributed by atoms with van der Waals surface area (Å²) in [4.78, 5) is 12.0. The highest BCUT2D eigenvalue weighted by Crippen LogP contribution is 2.31. The van der Waals surface area contributed by atoms with Crippen LogP contribution in [0.3, 0.4) is 0 Å². The van der Waals surface area contributed by atoms with Crippen molar-refractivity contribution in [1.29, 1.82) is 0 Å². The van der Waals surface area contributed by atoms with Crippen LogP contribution in [-0.4, -0.2) is 20.1 Å². The Bertz CT molecular complexity index is 453. The molecule has 0 aliphatic heterocycles. The second-order valence-electron chi connectivity index (χ2n) is 5.30. The molecule has 2 rings (SSSR count). The number of benzene rings is 1. The van der Waals surface area contributed by atoms with Crippen LogP contribution in [-0.2, 0) is 4.79 Å². The summed E-state index contributed by atoms with van der Waals surface area (Å²) in [7, 11) is 3.20. The number of carbonyl (C=O) groups excluding carboxylic acids is 1. The molecule has 0 unspecified atom stereocenters. The second kappa shape index (κ2) is 7.17. The van der Waals surface area contributed by atoms with E-state index in [0.717, 1.165) is 12.3 Å². The van der Waals surface area contributed by atoms with E-state index in [1.54, 1.807) is 26.4 Å². The molecule has 4 nitrogen and oxygen atoms in total. The maximum Gasteiger partial charge on any atom is 0.224 e. The highest BCUT2D eigenvalue weighted by atomic mass is 16.5. The van der Waals surface area contributed by atoms with Crippen LogP contribution in [0.5, 0.6) is 11.5 Å². The molecule has 1 aromatic carbocycles. The third-order valence-electron chi connectivity index (χ3n) is 3.94. The molecule has 1 aliphatic carbocycles. The van der Waals surface area contributed by atoms with Gasteiger partial charge in [-0.2, -0.15) is 0 Å². The smallest absolute Gasteiger partial charge is 0.224 e. The van der Waals surface area contributed by atoms with Gasteiger partial charge in [0.2, 0.25) is 5.91 Å². The van der Waals surface area contributed by atoms with Gasteiger partial charge in [0.15, 0.2) is 0 Å². The van der Waals surface area contributed by atoms with Gasteiger partial charge in [0.05, 0.1) is 19.9 Å². The zero-order valence-electron chi connectivity index (χ0n) is 12.3. The van der Waals surface area contributed by atoms with Crippen molar-refractivity contribution in [3.8, 4) is 11.5 Å². The maximum absolute atomic E-state index is 12.0. The lowest BCUT2D eigenvalue weighted by atomic mass is 10.0. The first-order valence-electron chi connectivity index (χ1n) is 7.25.